The maximum Gasteiger partial charge on any atom is 0.0992 e. The molecule has 1 aliphatic rings. The monoisotopic (exact) mass is 303 g/mol. The maximum atomic E-state index is 6.37. The van der Waals surface area contributed by atoms with Gasteiger partial charge in [-0.2, -0.15) is 0 Å². The summed E-state index contributed by atoms with van der Waals surface area (Å²) in [6.07, 6.45) is 10.9. The van der Waals surface area contributed by atoms with E-state index in [2.05, 4.69) is 23.3 Å². The van der Waals surface area contributed by atoms with Crippen molar-refractivity contribution >= 4 is 17.3 Å². The number of aromatic nitrogens is 2. The predicted octanol–water partition coefficient (Wildman–Crippen LogP) is 4.76. The molecule has 0 spiro atoms. The smallest absolute Gasteiger partial charge is 0.0992 e. The van der Waals surface area contributed by atoms with Gasteiger partial charge in [0.1, 0.15) is 0 Å². The van der Waals surface area contributed by atoms with Crippen LogP contribution in [0.15, 0.2) is 36.9 Å². The van der Waals surface area contributed by atoms with Crippen molar-refractivity contribution in [2.24, 2.45) is 11.8 Å². The van der Waals surface area contributed by atoms with Gasteiger partial charge in [-0.1, -0.05) is 37.4 Å². The van der Waals surface area contributed by atoms with Gasteiger partial charge in [0.2, 0.25) is 0 Å². The molecule has 1 fully saturated rings. The molecule has 0 amide bonds. The van der Waals surface area contributed by atoms with Crippen molar-refractivity contribution in [3.8, 4) is 5.69 Å². The van der Waals surface area contributed by atoms with Crippen molar-refractivity contribution in [3.05, 3.63) is 41.9 Å². The van der Waals surface area contributed by atoms with Crippen LogP contribution in [0.3, 0.4) is 0 Å². The summed E-state index contributed by atoms with van der Waals surface area (Å²) in [5.41, 5.74) is 2.07. The van der Waals surface area contributed by atoms with Crippen LogP contribution in [0, 0.1) is 11.8 Å². The number of halogens is 1. The summed E-state index contributed by atoms with van der Waals surface area (Å²) in [5, 5.41) is 4.34. The Balaban J connectivity index is 1.72. The lowest BCUT2D eigenvalue weighted by atomic mass is 9.83. The standard InChI is InChI=1S/C17H22ClN3/c1-13-5-7-14(8-6-13)11-20-16-4-2-3-15(18)17(16)21-10-9-19-12-21/h2-4,9-10,12-14,20H,5-8,11H2,1H3. The summed E-state index contributed by atoms with van der Waals surface area (Å²) in [6, 6.07) is 6.01. The number of hydrogen-bond donors (Lipinski definition) is 1. The second-order valence-electron chi connectivity index (χ2n) is 6.11. The second-order valence-corrected chi connectivity index (χ2v) is 6.52. The molecule has 0 atom stereocenters. The molecule has 1 aromatic heterocycles. The van der Waals surface area contributed by atoms with E-state index in [0.29, 0.717) is 0 Å². The quantitative estimate of drug-likeness (QED) is 0.882. The van der Waals surface area contributed by atoms with E-state index >= 15 is 0 Å². The molecule has 2 aromatic rings. The average molecular weight is 304 g/mol. The molecule has 4 heteroatoms. The number of hydrogen-bond acceptors (Lipinski definition) is 2. The SMILES string of the molecule is CC1CCC(CNc2cccc(Cl)c2-n2ccnc2)CC1. The first-order valence-corrected chi connectivity index (χ1v) is 8.12. The van der Waals surface area contributed by atoms with Gasteiger partial charge in [0.25, 0.3) is 0 Å². The van der Waals surface area contributed by atoms with E-state index in [9.17, 15) is 0 Å². The van der Waals surface area contributed by atoms with Crippen LogP contribution in [0.1, 0.15) is 32.6 Å². The predicted molar refractivity (Wildman–Crippen MR) is 88.2 cm³/mol. The van der Waals surface area contributed by atoms with Crippen LogP contribution in [-0.4, -0.2) is 16.1 Å². The fourth-order valence-electron chi connectivity index (χ4n) is 3.10. The minimum atomic E-state index is 0.746. The molecule has 3 rings (SSSR count). The third kappa shape index (κ3) is 3.41. The van der Waals surface area contributed by atoms with Crippen LogP contribution < -0.4 is 5.32 Å². The summed E-state index contributed by atoms with van der Waals surface area (Å²) >= 11 is 6.37. The lowest BCUT2D eigenvalue weighted by molar-refractivity contribution is 0.300. The lowest BCUT2D eigenvalue weighted by Gasteiger charge is -2.27. The highest BCUT2D eigenvalue weighted by Gasteiger charge is 2.18. The zero-order valence-corrected chi connectivity index (χ0v) is 13.2. The van der Waals surface area contributed by atoms with Gasteiger partial charge in [0, 0.05) is 18.9 Å². The van der Waals surface area contributed by atoms with Crippen molar-refractivity contribution in [3.63, 3.8) is 0 Å². The second kappa shape index (κ2) is 6.52. The number of rotatable bonds is 4. The van der Waals surface area contributed by atoms with Gasteiger partial charge in [-0.05, 0) is 36.8 Å². The Morgan fingerprint density at radius 1 is 1.29 bits per heavy atom. The molecule has 0 saturated heterocycles. The molecular formula is C17H22ClN3. The van der Waals surface area contributed by atoms with Crippen molar-refractivity contribution in [1.82, 2.24) is 9.55 Å². The van der Waals surface area contributed by atoms with Gasteiger partial charge < -0.3 is 9.88 Å². The number of anilines is 1. The minimum Gasteiger partial charge on any atom is -0.383 e. The fraction of sp³-hybridized carbons (Fsp3) is 0.471. The number of nitrogens with one attached hydrogen (secondary N) is 1. The molecule has 0 bridgehead atoms. The molecule has 112 valence electrons. The Bertz CT molecular complexity index is 572. The molecule has 1 aromatic carbocycles. The molecule has 1 heterocycles. The first kappa shape index (κ1) is 14.5. The summed E-state index contributed by atoms with van der Waals surface area (Å²) < 4.78 is 1.97. The van der Waals surface area contributed by atoms with E-state index in [0.717, 1.165) is 34.8 Å². The molecule has 0 aliphatic heterocycles. The molecule has 0 unspecified atom stereocenters. The third-order valence-electron chi connectivity index (χ3n) is 4.47. The Kier molecular flexibility index (Phi) is 4.49. The highest BCUT2D eigenvalue weighted by atomic mass is 35.5. The number of imidazole rings is 1. The van der Waals surface area contributed by atoms with Crippen LogP contribution in [0.4, 0.5) is 5.69 Å². The largest absolute Gasteiger partial charge is 0.383 e. The van der Waals surface area contributed by atoms with Crippen LogP contribution in [0.5, 0.6) is 0 Å². The highest BCUT2D eigenvalue weighted by molar-refractivity contribution is 6.33. The van der Waals surface area contributed by atoms with Crippen LogP contribution in [0.25, 0.3) is 5.69 Å². The van der Waals surface area contributed by atoms with Gasteiger partial charge in [0.05, 0.1) is 22.7 Å². The van der Waals surface area contributed by atoms with E-state index in [1.165, 1.54) is 25.7 Å². The molecule has 3 nitrogen and oxygen atoms in total. The van der Waals surface area contributed by atoms with Crippen molar-refractivity contribution in [1.29, 1.82) is 0 Å². The van der Waals surface area contributed by atoms with Gasteiger partial charge >= 0.3 is 0 Å². The van der Waals surface area contributed by atoms with Crippen LogP contribution in [0.2, 0.25) is 5.02 Å². The normalized spacial score (nSPS) is 22.2. The van der Waals surface area contributed by atoms with E-state index in [1.807, 2.05) is 22.9 Å². The van der Waals surface area contributed by atoms with Crippen LogP contribution in [-0.2, 0) is 0 Å². The molecule has 1 saturated carbocycles. The lowest BCUT2D eigenvalue weighted by Crippen LogP contribution is -2.20. The number of nitrogens with zero attached hydrogens (tertiary/aromatic N) is 2. The molecule has 1 N–H and O–H groups in total. The van der Waals surface area contributed by atoms with Gasteiger partial charge in [-0.25, -0.2) is 4.98 Å². The van der Waals surface area contributed by atoms with E-state index in [4.69, 9.17) is 11.6 Å². The van der Waals surface area contributed by atoms with Crippen molar-refractivity contribution in [2.45, 2.75) is 32.6 Å². The van der Waals surface area contributed by atoms with Gasteiger partial charge in [0.15, 0.2) is 0 Å². The Labute approximate surface area is 131 Å². The Morgan fingerprint density at radius 2 is 2.10 bits per heavy atom. The zero-order valence-electron chi connectivity index (χ0n) is 12.4. The molecule has 0 radical (unpaired) electrons. The average Bonchev–Trinajstić information content (AvgIpc) is 3.00. The fourth-order valence-corrected chi connectivity index (χ4v) is 3.37. The van der Waals surface area contributed by atoms with E-state index < -0.39 is 0 Å². The zero-order chi connectivity index (χ0) is 14.7. The van der Waals surface area contributed by atoms with E-state index in [-0.39, 0.29) is 0 Å². The van der Waals surface area contributed by atoms with Gasteiger partial charge in [-0.15, -0.1) is 0 Å². The van der Waals surface area contributed by atoms with Gasteiger partial charge in [-0.3, -0.25) is 0 Å². The summed E-state index contributed by atoms with van der Waals surface area (Å²) in [6.45, 7) is 3.38. The van der Waals surface area contributed by atoms with Crippen molar-refractivity contribution in [2.75, 3.05) is 11.9 Å². The Morgan fingerprint density at radius 3 is 2.81 bits per heavy atom. The third-order valence-corrected chi connectivity index (χ3v) is 4.77. The maximum absolute atomic E-state index is 6.37. The summed E-state index contributed by atoms with van der Waals surface area (Å²) in [7, 11) is 0. The number of para-hydroxylation sites is 1. The van der Waals surface area contributed by atoms with Crippen molar-refractivity contribution < 1.29 is 0 Å². The summed E-state index contributed by atoms with van der Waals surface area (Å²) in [5.74, 6) is 1.67. The van der Waals surface area contributed by atoms with E-state index in [1.54, 1.807) is 12.5 Å². The first-order valence-electron chi connectivity index (χ1n) is 7.74. The number of benzene rings is 1. The molecule has 21 heavy (non-hydrogen) atoms. The topological polar surface area (TPSA) is 29.9 Å². The molecular weight excluding hydrogens is 282 g/mol. The Hall–Kier alpha value is -1.48. The van der Waals surface area contributed by atoms with Crippen LogP contribution >= 0.6 is 11.6 Å². The minimum absolute atomic E-state index is 0.746. The first-order chi connectivity index (χ1) is 10.2. The summed E-state index contributed by atoms with van der Waals surface area (Å²) in [4.78, 5) is 4.12. The molecule has 1 aliphatic carbocycles. The highest BCUT2D eigenvalue weighted by Crippen LogP contribution is 2.31.